The third-order valence-corrected chi connectivity index (χ3v) is 3.21. The van der Waals surface area contributed by atoms with Gasteiger partial charge in [-0.25, -0.2) is 4.79 Å². The number of nitro benzene ring substituents is 1. The summed E-state index contributed by atoms with van der Waals surface area (Å²) >= 11 is 3.03. The van der Waals surface area contributed by atoms with Crippen LogP contribution in [0.1, 0.15) is 10.6 Å². The van der Waals surface area contributed by atoms with E-state index in [2.05, 4.69) is 21.2 Å². The first-order valence-corrected chi connectivity index (χ1v) is 7.24. The van der Waals surface area contributed by atoms with Gasteiger partial charge >= 0.3 is 5.97 Å². The molecule has 0 bridgehead atoms. The number of ether oxygens (including phenoxy) is 2. The van der Waals surface area contributed by atoms with Gasteiger partial charge in [0.05, 0.1) is 18.1 Å². The van der Waals surface area contributed by atoms with Crippen molar-refractivity contribution in [2.75, 3.05) is 19.0 Å². The Hall–Kier alpha value is -2.88. The van der Waals surface area contributed by atoms with Crippen molar-refractivity contribution < 1.29 is 28.4 Å². The van der Waals surface area contributed by atoms with E-state index in [1.165, 1.54) is 37.4 Å². The second-order valence-electron chi connectivity index (χ2n) is 4.37. The number of anilines is 1. The maximum atomic E-state index is 11.8. The molecule has 0 saturated heterocycles. The molecule has 0 aliphatic carbocycles. The molecule has 0 saturated carbocycles. The van der Waals surface area contributed by atoms with Crippen LogP contribution in [0, 0.1) is 10.1 Å². The van der Waals surface area contributed by atoms with Crippen molar-refractivity contribution in [3.05, 3.63) is 50.9 Å². The Balaban J connectivity index is 1.99. The summed E-state index contributed by atoms with van der Waals surface area (Å²) in [5.41, 5.74) is -0.383. The molecule has 1 aromatic heterocycles. The topological polar surface area (TPSA) is 121 Å². The van der Waals surface area contributed by atoms with Gasteiger partial charge in [-0.3, -0.25) is 14.9 Å². The number of benzene rings is 1. The second kappa shape index (κ2) is 7.59. The number of halogens is 1. The fourth-order valence-electron chi connectivity index (χ4n) is 1.71. The highest BCUT2D eigenvalue weighted by Crippen LogP contribution is 2.28. The maximum Gasteiger partial charge on any atom is 0.374 e. The molecule has 10 heteroatoms. The van der Waals surface area contributed by atoms with Crippen molar-refractivity contribution in [3.63, 3.8) is 0 Å². The molecule has 1 N–H and O–H groups in total. The summed E-state index contributed by atoms with van der Waals surface area (Å²) in [5, 5.41) is 13.3. The van der Waals surface area contributed by atoms with Crippen LogP contribution in [0.3, 0.4) is 0 Å². The highest BCUT2D eigenvalue weighted by Gasteiger charge is 2.19. The molecule has 0 radical (unpaired) electrons. The zero-order chi connectivity index (χ0) is 17.7. The lowest BCUT2D eigenvalue weighted by atomic mass is 10.2. The molecule has 24 heavy (non-hydrogen) atoms. The van der Waals surface area contributed by atoms with E-state index in [1.807, 2.05) is 0 Å². The Morgan fingerprint density at radius 1 is 1.33 bits per heavy atom. The highest BCUT2D eigenvalue weighted by atomic mass is 79.9. The lowest BCUT2D eigenvalue weighted by molar-refractivity contribution is -0.384. The molecule has 2 aromatic rings. The van der Waals surface area contributed by atoms with Crippen LogP contribution in [-0.2, 0) is 9.53 Å². The Bertz CT molecular complexity index is 787. The zero-order valence-corrected chi connectivity index (χ0v) is 13.9. The number of methoxy groups -OCH3 is 1. The van der Waals surface area contributed by atoms with Gasteiger partial charge in [-0.2, -0.15) is 0 Å². The van der Waals surface area contributed by atoms with Crippen LogP contribution in [-0.4, -0.2) is 30.5 Å². The van der Waals surface area contributed by atoms with E-state index in [0.717, 1.165) is 0 Å². The molecule has 0 spiro atoms. The number of amides is 1. The predicted octanol–water partition coefficient (Wildman–Crippen LogP) is 2.75. The lowest BCUT2D eigenvalue weighted by Gasteiger charge is -2.07. The van der Waals surface area contributed by atoms with Crippen molar-refractivity contribution in [3.8, 4) is 5.75 Å². The largest absolute Gasteiger partial charge is 0.496 e. The van der Waals surface area contributed by atoms with E-state index in [-0.39, 0.29) is 22.9 Å². The molecule has 0 fully saturated rings. The van der Waals surface area contributed by atoms with E-state index >= 15 is 0 Å². The standard InChI is InChI=1S/C14H11BrN2O7/c1-22-8-2-3-9(10(6-8)17(20)21)16-13(18)7-23-14(19)11-4-5-12(15)24-11/h2-6H,7H2,1H3,(H,16,18). The SMILES string of the molecule is COc1ccc(NC(=O)COC(=O)c2ccc(Br)o2)c([N+](=O)[O-])c1. The first-order chi connectivity index (χ1) is 11.4. The normalized spacial score (nSPS) is 10.1. The van der Waals surface area contributed by atoms with Crippen LogP contribution < -0.4 is 10.1 Å². The van der Waals surface area contributed by atoms with Crippen LogP contribution in [0.25, 0.3) is 0 Å². The van der Waals surface area contributed by atoms with Crippen molar-refractivity contribution in [1.29, 1.82) is 0 Å². The van der Waals surface area contributed by atoms with E-state index in [4.69, 9.17) is 13.9 Å². The first kappa shape index (κ1) is 17.5. The van der Waals surface area contributed by atoms with Crippen LogP contribution in [0.5, 0.6) is 5.75 Å². The van der Waals surface area contributed by atoms with Crippen LogP contribution in [0.15, 0.2) is 39.4 Å². The van der Waals surface area contributed by atoms with E-state index in [0.29, 0.717) is 4.67 Å². The molecule has 1 amide bonds. The van der Waals surface area contributed by atoms with Crippen molar-refractivity contribution in [2.24, 2.45) is 0 Å². The number of nitrogens with zero attached hydrogens (tertiary/aromatic N) is 1. The first-order valence-electron chi connectivity index (χ1n) is 6.45. The van der Waals surface area contributed by atoms with Gasteiger partial charge in [-0.05, 0) is 40.2 Å². The lowest BCUT2D eigenvalue weighted by Crippen LogP contribution is -2.21. The summed E-state index contributed by atoms with van der Waals surface area (Å²) in [6.45, 7) is -0.625. The molecule has 0 atom stereocenters. The van der Waals surface area contributed by atoms with Crippen LogP contribution in [0.2, 0.25) is 0 Å². The third-order valence-electron chi connectivity index (χ3n) is 2.78. The maximum absolute atomic E-state index is 11.8. The molecule has 2 rings (SSSR count). The molecular formula is C14H11BrN2O7. The third kappa shape index (κ3) is 4.32. The fourth-order valence-corrected chi connectivity index (χ4v) is 2.01. The molecule has 1 heterocycles. The van der Waals surface area contributed by atoms with Crippen LogP contribution >= 0.6 is 15.9 Å². The average Bonchev–Trinajstić information content (AvgIpc) is 2.99. The summed E-state index contributed by atoms with van der Waals surface area (Å²) in [6, 6.07) is 6.81. The summed E-state index contributed by atoms with van der Waals surface area (Å²) in [7, 11) is 1.36. The molecule has 0 aliphatic rings. The number of nitrogens with one attached hydrogen (secondary N) is 1. The quantitative estimate of drug-likeness (QED) is 0.450. The van der Waals surface area contributed by atoms with Gasteiger partial charge in [-0.15, -0.1) is 0 Å². The number of hydrogen-bond donors (Lipinski definition) is 1. The number of carbonyl (C=O) groups is 2. The molecule has 1 aromatic carbocycles. The number of furan rings is 1. The number of hydrogen-bond acceptors (Lipinski definition) is 7. The minimum absolute atomic E-state index is 0.0393. The van der Waals surface area contributed by atoms with Gasteiger partial charge in [0.15, 0.2) is 11.3 Å². The zero-order valence-electron chi connectivity index (χ0n) is 12.3. The van der Waals surface area contributed by atoms with E-state index in [1.54, 1.807) is 0 Å². The molecule has 0 aliphatic heterocycles. The molecule has 126 valence electrons. The minimum Gasteiger partial charge on any atom is -0.496 e. The van der Waals surface area contributed by atoms with Crippen molar-refractivity contribution in [1.82, 2.24) is 0 Å². The summed E-state index contributed by atoms with van der Waals surface area (Å²) in [5.74, 6) is -1.37. The summed E-state index contributed by atoms with van der Waals surface area (Å²) in [6.07, 6.45) is 0. The van der Waals surface area contributed by atoms with Gasteiger partial charge in [0.1, 0.15) is 11.4 Å². The number of rotatable bonds is 6. The Morgan fingerprint density at radius 2 is 2.08 bits per heavy atom. The number of esters is 1. The fraction of sp³-hybridized carbons (Fsp3) is 0.143. The predicted molar refractivity (Wildman–Crippen MR) is 85.0 cm³/mol. The highest BCUT2D eigenvalue weighted by molar-refractivity contribution is 9.10. The Labute approximate surface area is 143 Å². The molecular weight excluding hydrogens is 388 g/mol. The second-order valence-corrected chi connectivity index (χ2v) is 5.15. The van der Waals surface area contributed by atoms with Gasteiger partial charge in [0.25, 0.3) is 11.6 Å². The monoisotopic (exact) mass is 398 g/mol. The smallest absolute Gasteiger partial charge is 0.374 e. The van der Waals surface area contributed by atoms with Gasteiger partial charge in [0.2, 0.25) is 5.76 Å². The number of nitro groups is 1. The molecule has 9 nitrogen and oxygen atoms in total. The van der Waals surface area contributed by atoms with Crippen LogP contribution in [0.4, 0.5) is 11.4 Å². The van der Waals surface area contributed by atoms with Gasteiger partial charge in [0, 0.05) is 0 Å². The Morgan fingerprint density at radius 3 is 2.67 bits per heavy atom. The van der Waals surface area contributed by atoms with Crippen molar-refractivity contribution in [2.45, 2.75) is 0 Å². The van der Waals surface area contributed by atoms with E-state index < -0.39 is 23.4 Å². The average molecular weight is 399 g/mol. The van der Waals surface area contributed by atoms with Crippen molar-refractivity contribution >= 4 is 39.2 Å². The summed E-state index contributed by atoms with van der Waals surface area (Å²) < 4.78 is 15.0. The van der Waals surface area contributed by atoms with E-state index in [9.17, 15) is 19.7 Å². The number of carbonyl (C=O) groups excluding carboxylic acids is 2. The van der Waals surface area contributed by atoms with Gasteiger partial charge in [-0.1, -0.05) is 0 Å². The summed E-state index contributed by atoms with van der Waals surface area (Å²) in [4.78, 5) is 33.8. The Kier molecular flexibility index (Phi) is 5.53. The minimum atomic E-state index is -0.833. The molecule has 0 unspecified atom stereocenters. The van der Waals surface area contributed by atoms with Gasteiger partial charge < -0.3 is 19.2 Å².